The number of carbonyl (C=O) groups is 1. The molecule has 1 N–H and O–H groups in total. The number of aromatic nitrogens is 2. The first-order valence-corrected chi connectivity index (χ1v) is 8.87. The Hall–Kier alpha value is -1.40. The first kappa shape index (κ1) is 15.1. The highest BCUT2D eigenvalue weighted by molar-refractivity contribution is 5.76. The number of nitrogens with zero attached hydrogens (tertiary/aromatic N) is 3. The van der Waals surface area contributed by atoms with Crippen molar-refractivity contribution in [2.75, 3.05) is 19.7 Å². The Morgan fingerprint density at radius 3 is 3.00 bits per heavy atom. The summed E-state index contributed by atoms with van der Waals surface area (Å²) in [5.41, 5.74) is 1.10. The zero-order chi connectivity index (χ0) is 15.8. The van der Waals surface area contributed by atoms with Crippen LogP contribution in [0.2, 0.25) is 0 Å². The Kier molecular flexibility index (Phi) is 4.11. The first-order valence-electron chi connectivity index (χ1n) is 8.87. The second kappa shape index (κ2) is 6.24. The molecule has 6 heteroatoms. The molecule has 4 atom stereocenters. The molecule has 1 aromatic rings. The molecule has 0 radical (unpaired) electrons. The molecule has 0 spiro atoms. The van der Waals surface area contributed by atoms with E-state index in [1.807, 2.05) is 17.7 Å². The summed E-state index contributed by atoms with van der Waals surface area (Å²) in [6, 6.07) is 2.63. The maximum atomic E-state index is 12.4. The van der Waals surface area contributed by atoms with Gasteiger partial charge in [0.25, 0.3) is 0 Å². The molecule has 4 rings (SSSR count). The molecule has 3 heterocycles. The van der Waals surface area contributed by atoms with Crippen LogP contribution in [0.4, 0.5) is 0 Å². The molecule has 1 aliphatic carbocycles. The Morgan fingerprint density at radius 2 is 2.26 bits per heavy atom. The summed E-state index contributed by atoms with van der Waals surface area (Å²) in [5.74, 6) is 0.649. The lowest BCUT2D eigenvalue weighted by molar-refractivity contribution is -0.129. The Labute approximate surface area is 137 Å². The second-order valence-corrected chi connectivity index (χ2v) is 7.06. The summed E-state index contributed by atoms with van der Waals surface area (Å²) in [7, 11) is 0. The van der Waals surface area contributed by atoms with Gasteiger partial charge in [0.1, 0.15) is 0 Å². The van der Waals surface area contributed by atoms with Gasteiger partial charge in [0, 0.05) is 37.4 Å². The lowest BCUT2D eigenvalue weighted by Gasteiger charge is -2.51. The molecule has 2 saturated heterocycles. The van der Waals surface area contributed by atoms with Crippen molar-refractivity contribution in [1.82, 2.24) is 20.0 Å². The monoisotopic (exact) mass is 318 g/mol. The van der Waals surface area contributed by atoms with E-state index in [4.69, 9.17) is 4.74 Å². The molecule has 2 aliphatic heterocycles. The van der Waals surface area contributed by atoms with Gasteiger partial charge >= 0.3 is 0 Å². The maximum Gasteiger partial charge on any atom is 0.222 e. The third-order valence-corrected chi connectivity index (χ3v) is 5.72. The summed E-state index contributed by atoms with van der Waals surface area (Å²) < 4.78 is 7.80. The molecule has 1 amide bonds. The molecule has 1 aromatic heterocycles. The van der Waals surface area contributed by atoms with Gasteiger partial charge in [0.15, 0.2) is 0 Å². The van der Waals surface area contributed by atoms with Crippen LogP contribution in [0.5, 0.6) is 0 Å². The van der Waals surface area contributed by atoms with Gasteiger partial charge in [0.05, 0.1) is 18.2 Å². The van der Waals surface area contributed by atoms with E-state index in [1.54, 1.807) is 6.20 Å². The van der Waals surface area contributed by atoms with Crippen LogP contribution < -0.4 is 5.32 Å². The highest BCUT2D eigenvalue weighted by Gasteiger charge is 2.56. The van der Waals surface area contributed by atoms with Gasteiger partial charge in [-0.05, 0) is 45.3 Å². The van der Waals surface area contributed by atoms with Gasteiger partial charge in [-0.25, -0.2) is 0 Å². The molecule has 3 aliphatic rings. The van der Waals surface area contributed by atoms with Crippen LogP contribution >= 0.6 is 0 Å². The van der Waals surface area contributed by atoms with Crippen molar-refractivity contribution in [3.8, 4) is 0 Å². The zero-order valence-electron chi connectivity index (χ0n) is 13.8. The summed E-state index contributed by atoms with van der Waals surface area (Å²) >= 11 is 0. The standard InChI is InChI=1S/C17H26N4O2/c1-12-4-7-18-21(12)10-5-14(22)19-15-13-6-11-23-17(13)16(15)20-8-2-3-9-20/h4,7,13,15-17H,2-3,5-6,8-11H2,1H3,(H,19,22)/t13-,15+,16-,17-/m0/s1. The predicted octanol–water partition coefficient (Wildman–Crippen LogP) is 0.950. The lowest BCUT2D eigenvalue weighted by Crippen LogP contribution is -2.70. The summed E-state index contributed by atoms with van der Waals surface area (Å²) in [6.07, 6.45) is 6.23. The second-order valence-electron chi connectivity index (χ2n) is 7.06. The van der Waals surface area contributed by atoms with Gasteiger partial charge in [-0.1, -0.05) is 0 Å². The maximum absolute atomic E-state index is 12.4. The number of likely N-dealkylation sites (tertiary alicyclic amines) is 1. The van der Waals surface area contributed by atoms with Crippen molar-refractivity contribution in [1.29, 1.82) is 0 Å². The van der Waals surface area contributed by atoms with Gasteiger partial charge < -0.3 is 10.1 Å². The van der Waals surface area contributed by atoms with Crippen LogP contribution in [0, 0.1) is 12.8 Å². The molecule has 0 aromatic carbocycles. The van der Waals surface area contributed by atoms with E-state index in [2.05, 4.69) is 15.3 Å². The molecular formula is C17H26N4O2. The quantitative estimate of drug-likeness (QED) is 0.878. The smallest absolute Gasteiger partial charge is 0.222 e. The fourth-order valence-corrected chi connectivity index (χ4v) is 4.44. The summed E-state index contributed by atoms with van der Waals surface area (Å²) in [6.45, 7) is 5.81. The number of fused-ring (bicyclic) bond motifs is 1. The van der Waals surface area contributed by atoms with Crippen LogP contribution in [-0.2, 0) is 16.1 Å². The van der Waals surface area contributed by atoms with Gasteiger partial charge in [-0.15, -0.1) is 0 Å². The minimum absolute atomic E-state index is 0.138. The Bertz CT molecular complexity index is 562. The van der Waals surface area contributed by atoms with Crippen LogP contribution in [0.1, 0.15) is 31.4 Å². The first-order chi connectivity index (χ1) is 11.2. The predicted molar refractivity (Wildman–Crippen MR) is 86.0 cm³/mol. The van der Waals surface area contributed by atoms with E-state index in [9.17, 15) is 4.79 Å². The van der Waals surface area contributed by atoms with Crippen LogP contribution in [-0.4, -0.2) is 58.5 Å². The average Bonchev–Trinajstić information content (AvgIpc) is 3.25. The molecule has 1 saturated carbocycles. The van der Waals surface area contributed by atoms with Crippen molar-refractivity contribution in [2.24, 2.45) is 5.92 Å². The topological polar surface area (TPSA) is 59.4 Å². The Morgan fingerprint density at radius 1 is 1.43 bits per heavy atom. The molecule has 23 heavy (non-hydrogen) atoms. The van der Waals surface area contributed by atoms with Crippen molar-refractivity contribution in [2.45, 2.75) is 57.3 Å². The van der Waals surface area contributed by atoms with Gasteiger partial charge in [-0.3, -0.25) is 14.4 Å². The number of hydrogen-bond acceptors (Lipinski definition) is 4. The number of amides is 1. The third-order valence-electron chi connectivity index (χ3n) is 5.72. The van der Waals surface area contributed by atoms with E-state index < -0.39 is 0 Å². The minimum Gasteiger partial charge on any atom is -0.376 e. The number of nitrogens with one attached hydrogen (secondary N) is 1. The molecule has 6 nitrogen and oxygen atoms in total. The minimum atomic E-state index is 0.138. The normalized spacial score (nSPS) is 33.4. The average molecular weight is 318 g/mol. The highest BCUT2D eigenvalue weighted by Crippen LogP contribution is 2.42. The number of ether oxygens (including phenoxy) is 1. The van der Waals surface area contributed by atoms with Crippen LogP contribution in [0.25, 0.3) is 0 Å². The number of rotatable bonds is 5. The zero-order valence-corrected chi connectivity index (χ0v) is 13.8. The summed E-state index contributed by atoms with van der Waals surface area (Å²) in [5, 5.41) is 7.54. The molecule has 0 bridgehead atoms. The summed E-state index contributed by atoms with van der Waals surface area (Å²) in [4.78, 5) is 14.9. The molecule has 126 valence electrons. The van der Waals surface area contributed by atoms with Crippen molar-refractivity contribution in [3.05, 3.63) is 18.0 Å². The van der Waals surface area contributed by atoms with Crippen molar-refractivity contribution in [3.63, 3.8) is 0 Å². The fraction of sp³-hybridized carbons (Fsp3) is 0.765. The largest absolute Gasteiger partial charge is 0.376 e. The molecule has 3 fully saturated rings. The van der Waals surface area contributed by atoms with Gasteiger partial charge in [0.2, 0.25) is 5.91 Å². The van der Waals surface area contributed by atoms with Gasteiger partial charge in [-0.2, -0.15) is 5.10 Å². The number of carbonyl (C=O) groups excluding carboxylic acids is 1. The van der Waals surface area contributed by atoms with Crippen molar-refractivity contribution < 1.29 is 9.53 Å². The van der Waals surface area contributed by atoms with E-state index >= 15 is 0 Å². The SMILES string of the molecule is Cc1ccnn1CCC(=O)N[C@@H]1[C@@H]2CCO[C@@H]2[C@H]1N1CCCC1. The van der Waals surface area contributed by atoms with Crippen molar-refractivity contribution >= 4 is 5.91 Å². The van der Waals surface area contributed by atoms with E-state index in [0.29, 0.717) is 31.0 Å². The number of aryl methyl sites for hydroxylation is 2. The van der Waals surface area contributed by atoms with Crippen LogP contribution in [0.15, 0.2) is 12.3 Å². The molecular weight excluding hydrogens is 292 g/mol. The van der Waals surface area contributed by atoms with E-state index in [-0.39, 0.29) is 11.9 Å². The lowest BCUT2D eigenvalue weighted by atomic mass is 9.70. The van der Waals surface area contributed by atoms with Crippen LogP contribution in [0.3, 0.4) is 0 Å². The van der Waals surface area contributed by atoms with E-state index in [0.717, 1.165) is 31.8 Å². The highest BCUT2D eigenvalue weighted by atomic mass is 16.5. The number of hydrogen-bond donors (Lipinski definition) is 1. The fourth-order valence-electron chi connectivity index (χ4n) is 4.44. The molecule has 0 unspecified atom stereocenters. The van der Waals surface area contributed by atoms with E-state index in [1.165, 1.54) is 12.8 Å². The third kappa shape index (κ3) is 2.78. The Balaban J connectivity index is 1.34.